The summed E-state index contributed by atoms with van der Waals surface area (Å²) in [5, 5.41) is 2.83. The normalized spacial score (nSPS) is 10.6. The van der Waals surface area contributed by atoms with Crippen LogP contribution in [0.5, 0.6) is 0 Å². The molecule has 0 saturated heterocycles. The molecule has 1 aromatic carbocycles. The predicted octanol–water partition coefficient (Wildman–Crippen LogP) is 3.09. The summed E-state index contributed by atoms with van der Waals surface area (Å²) in [5.41, 5.74) is 1.41. The summed E-state index contributed by atoms with van der Waals surface area (Å²) >= 11 is 0. The molecule has 1 aromatic heterocycles. The maximum atomic E-state index is 13.3. The van der Waals surface area contributed by atoms with Crippen molar-refractivity contribution in [2.24, 2.45) is 0 Å². The van der Waals surface area contributed by atoms with Crippen LogP contribution in [0.25, 0.3) is 0 Å². The van der Waals surface area contributed by atoms with E-state index in [0.717, 1.165) is 5.56 Å². The second-order valence-corrected chi connectivity index (χ2v) is 5.24. The number of aryl methyl sites for hydroxylation is 1. The summed E-state index contributed by atoms with van der Waals surface area (Å²) in [6.07, 6.45) is 1.57. The minimum atomic E-state index is -0.250. The number of ether oxygens (including phenoxy) is 1. The van der Waals surface area contributed by atoms with Gasteiger partial charge in [-0.1, -0.05) is 12.1 Å². The maximum absolute atomic E-state index is 13.3. The number of benzene rings is 1. The number of carbonyl (C=O) groups is 1. The molecule has 2 aromatic rings. The standard InChI is InChI=1S/C17H21FN2O3/c1-13-10-14(5-6-16(13)18)11-19-17(21)20(7-9-22-2)12-15-4-3-8-23-15/h3-6,8,10H,7,9,11-12H2,1-2H3,(H,19,21). The van der Waals surface area contributed by atoms with Crippen molar-refractivity contribution in [1.29, 1.82) is 0 Å². The second-order valence-electron chi connectivity index (χ2n) is 5.24. The molecular weight excluding hydrogens is 299 g/mol. The lowest BCUT2D eigenvalue weighted by atomic mass is 10.1. The van der Waals surface area contributed by atoms with E-state index < -0.39 is 0 Å². The minimum Gasteiger partial charge on any atom is -0.467 e. The van der Waals surface area contributed by atoms with E-state index in [1.54, 1.807) is 43.4 Å². The molecule has 0 fully saturated rings. The molecule has 0 saturated carbocycles. The number of carbonyl (C=O) groups excluding carboxylic acids is 1. The van der Waals surface area contributed by atoms with Gasteiger partial charge in [-0.15, -0.1) is 0 Å². The van der Waals surface area contributed by atoms with Gasteiger partial charge in [0, 0.05) is 20.2 Å². The number of amides is 2. The molecule has 0 aliphatic rings. The predicted molar refractivity (Wildman–Crippen MR) is 84.4 cm³/mol. The molecule has 0 radical (unpaired) electrons. The Kier molecular flexibility index (Phi) is 6.17. The first kappa shape index (κ1) is 17.0. The Balaban J connectivity index is 1.94. The number of nitrogens with one attached hydrogen (secondary N) is 1. The van der Waals surface area contributed by atoms with Gasteiger partial charge in [-0.2, -0.15) is 0 Å². The lowest BCUT2D eigenvalue weighted by Gasteiger charge is -2.22. The van der Waals surface area contributed by atoms with Gasteiger partial charge in [-0.05, 0) is 36.2 Å². The highest BCUT2D eigenvalue weighted by molar-refractivity contribution is 5.74. The highest BCUT2D eigenvalue weighted by Crippen LogP contribution is 2.10. The van der Waals surface area contributed by atoms with Crippen molar-refractivity contribution in [3.63, 3.8) is 0 Å². The fourth-order valence-electron chi connectivity index (χ4n) is 2.15. The largest absolute Gasteiger partial charge is 0.467 e. The lowest BCUT2D eigenvalue weighted by molar-refractivity contribution is 0.142. The van der Waals surface area contributed by atoms with Crippen molar-refractivity contribution in [3.8, 4) is 0 Å². The number of halogens is 1. The van der Waals surface area contributed by atoms with Gasteiger partial charge in [0.05, 0.1) is 19.4 Å². The van der Waals surface area contributed by atoms with Crippen LogP contribution in [0.15, 0.2) is 41.0 Å². The van der Waals surface area contributed by atoms with Crippen LogP contribution in [0.2, 0.25) is 0 Å². The molecular formula is C17H21FN2O3. The number of rotatable bonds is 7. The Bertz CT molecular complexity index is 629. The number of hydrogen-bond donors (Lipinski definition) is 1. The van der Waals surface area contributed by atoms with Crippen LogP contribution in [0.3, 0.4) is 0 Å². The van der Waals surface area contributed by atoms with Crippen molar-refractivity contribution in [1.82, 2.24) is 10.2 Å². The Morgan fingerprint density at radius 3 is 2.87 bits per heavy atom. The first-order chi connectivity index (χ1) is 11.1. The van der Waals surface area contributed by atoms with Gasteiger partial charge >= 0.3 is 6.03 Å². The number of nitrogens with zero attached hydrogens (tertiary/aromatic N) is 1. The molecule has 1 N–H and O–H groups in total. The van der Waals surface area contributed by atoms with Crippen molar-refractivity contribution in [2.45, 2.75) is 20.0 Å². The number of methoxy groups -OCH3 is 1. The maximum Gasteiger partial charge on any atom is 0.318 e. The minimum absolute atomic E-state index is 0.222. The molecule has 0 bridgehead atoms. The molecule has 0 unspecified atom stereocenters. The first-order valence-corrected chi connectivity index (χ1v) is 7.39. The van der Waals surface area contributed by atoms with E-state index >= 15 is 0 Å². The molecule has 0 spiro atoms. The van der Waals surface area contributed by atoms with E-state index in [4.69, 9.17) is 9.15 Å². The van der Waals surface area contributed by atoms with Gasteiger partial charge in [0.2, 0.25) is 0 Å². The van der Waals surface area contributed by atoms with Crippen LogP contribution in [-0.4, -0.2) is 31.2 Å². The third-order valence-electron chi connectivity index (χ3n) is 3.45. The Labute approximate surface area is 135 Å². The topological polar surface area (TPSA) is 54.7 Å². The number of hydrogen-bond acceptors (Lipinski definition) is 3. The first-order valence-electron chi connectivity index (χ1n) is 7.39. The van der Waals surface area contributed by atoms with Gasteiger partial charge in [0.1, 0.15) is 11.6 Å². The smallest absolute Gasteiger partial charge is 0.318 e. The molecule has 124 valence electrons. The summed E-state index contributed by atoms with van der Waals surface area (Å²) in [4.78, 5) is 14.0. The van der Waals surface area contributed by atoms with Crippen molar-refractivity contribution >= 4 is 6.03 Å². The van der Waals surface area contributed by atoms with Crippen LogP contribution in [-0.2, 0) is 17.8 Å². The van der Waals surface area contributed by atoms with E-state index in [1.165, 1.54) is 6.07 Å². The van der Waals surface area contributed by atoms with Crippen molar-refractivity contribution < 1.29 is 18.3 Å². The molecule has 2 rings (SSSR count). The van der Waals surface area contributed by atoms with Gasteiger partial charge in [0.15, 0.2) is 0 Å². The van der Waals surface area contributed by atoms with Gasteiger partial charge in [0.25, 0.3) is 0 Å². The van der Waals surface area contributed by atoms with Crippen LogP contribution < -0.4 is 5.32 Å². The van der Waals surface area contributed by atoms with E-state index in [9.17, 15) is 9.18 Å². The van der Waals surface area contributed by atoms with Crippen molar-refractivity contribution in [3.05, 3.63) is 59.3 Å². The van der Waals surface area contributed by atoms with E-state index in [2.05, 4.69) is 5.32 Å². The van der Waals surface area contributed by atoms with Crippen molar-refractivity contribution in [2.75, 3.05) is 20.3 Å². The Morgan fingerprint density at radius 2 is 2.22 bits per heavy atom. The fraction of sp³-hybridized carbons (Fsp3) is 0.353. The number of furan rings is 1. The third kappa shape index (κ3) is 5.10. The average molecular weight is 320 g/mol. The van der Waals surface area contributed by atoms with Gasteiger partial charge < -0.3 is 19.4 Å². The molecule has 0 aliphatic heterocycles. The summed E-state index contributed by atoms with van der Waals surface area (Å²) in [5.74, 6) is 0.452. The summed E-state index contributed by atoms with van der Waals surface area (Å²) in [6, 6.07) is 8.17. The SMILES string of the molecule is COCCN(Cc1ccco1)C(=O)NCc1ccc(F)c(C)c1. The summed E-state index contributed by atoms with van der Waals surface area (Å²) < 4.78 is 23.6. The molecule has 5 nitrogen and oxygen atoms in total. The molecule has 23 heavy (non-hydrogen) atoms. The fourth-order valence-corrected chi connectivity index (χ4v) is 2.15. The second kappa shape index (κ2) is 8.33. The lowest BCUT2D eigenvalue weighted by Crippen LogP contribution is -2.40. The Hall–Kier alpha value is -2.34. The average Bonchev–Trinajstić information content (AvgIpc) is 3.05. The monoisotopic (exact) mass is 320 g/mol. The van der Waals surface area contributed by atoms with E-state index in [-0.39, 0.29) is 11.8 Å². The zero-order valence-electron chi connectivity index (χ0n) is 13.3. The highest BCUT2D eigenvalue weighted by atomic mass is 19.1. The quantitative estimate of drug-likeness (QED) is 0.853. The summed E-state index contributed by atoms with van der Waals surface area (Å²) in [7, 11) is 1.59. The number of urea groups is 1. The zero-order chi connectivity index (χ0) is 16.7. The van der Waals surface area contributed by atoms with E-state index in [0.29, 0.717) is 37.6 Å². The van der Waals surface area contributed by atoms with Gasteiger partial charge in [-0.25, -0.2) is 9.18 Å². The van der Waals surface area contributed by atoms with Gasteiger partial charge in [-0.3, -0.25) is 0 Å². The van der Waals surface area contributed by atoms with Crippen LogP contribution in [0.1, 0.15) is 16.9 Å². The third-order valence-corrected chi connectivity index (χ3v) is 3.45. The molecule has 6 heteroatoms. The van der Waals surface area contributed by atoms with E-state index in [1.807, 2.05) is 6.07 Å². The Morgan fingerprint density at radius 1 is 1.39 bits per heavy atom. The zero-order valence-corrected chi connectivity index (χ0v) is 13.3. The molecule has 0 atom stereocenters. The van der Waals surface area contributed by atoms with Crippen LogP contribution in [0, 0.1) is 12.7 Å². The molecule has 1 heterocycles. The van der Waals surface area contributed by atoms with Crippen LogP contribution in [0.4, 0.5) is 9.18 Å². The molecule has 0 aliphatic carbocycles. The summed E-state index contributed by atoms with van der Waals surface area (Å²) in [6.45, 7) is 3.28. The van der Waals surface area contributed by atoms with Crippen LogP contribution >= 0.6 is 0 Å². The molecule has 2 amide bonds. The highest BCUT2D eigenvalue weighted by Gasteiger charge is 2.15.